The van der Waals surface area contributed by atoms with E-state index >= 15 is 8.78 Å². The van der Waals surface area contributed by atoms with Gasteiger partial charge in [-0.15, -0.1) is 0 Å². The molecule has 1 atom stereocenters. The Morgan fingerprint density at radius 2 is 1.82 bits per heavy atom. The molecule has 1 saturated heterocycles. The number of anilines is 1. The predicted molar refractivity (Wildman–Crippen MR) is 143 cm³/mol. The number of methoxy groups -OCH3 is 2. The Labute approximate surface area is 222 Å². The summed E-state index contributed by atoms with van der Waals surface area (Å²) in [5.41, 5.74) is 3.56. The zero-order chi connectivity index (χ0) is 26.8. The number of aromatic nitrogens is 1. The number of likely N-dealkylation sites (tertiary alicyclic amines) is 1. The second kappa shape index (κ2) is 8.93. The van der Waals surface area contributed by atoms with E-state index in [0.717, 1.165) is 62.0 Å². The first-order chi connectivity index (χ1) is 18.2. The topological polar surface area (TPSA) is 73.7 Å². The molecule has 2 spiro atoms. The molecule has 2 saturated carbocycles. The van der Waals surface area contributed by atoms with Crippen LogP contribution in [0.2, 0.25) is 0 Å². The highest BCUT2D eigenvalue weighted by Gasteiger charge is 2.71. The van der Waals surface area contributed by atoms with Gasteiger partial charge >= 0.3 is 0 Å². The molecule has 4 aliphatic rings. The highest BCUT2D eigenvalue weighted by atomic mass is 19.1. The van der Waals surface area contributed by atoms with Crippen molar-refractivity contribution in [3.63, 3.8) is 0 Å². The van der Waals surface area contributed by atoms with Crippen LogP contribution in [-0.2, 0) is 12.0 Å². The van der Waals surface area contributed by atoms with Gasteiger partial charge in [-0.05, 0) is 69.8 Å². The number of benzene rings is 1. The van der Waals surface area contributed by atoms with Gasteiger partial charge in [0.1, 0.15) is 5.69 Å². The van der Waals surface area contributed by atoms with Gasteiger partial charge in [0.2, 0.25) is 0 Å². The van der Waals surface area contributed by atoms with Gasteiger partial charge in [-0.25, -0.2) is 8.78 Å². The first-order valence-corrected chi connectivity index (χ1v) is 13.3. The van der Waals surface area contributed by atoms with Crippen LogP contribution in [0.15, 0.2) is 24.5 Å². The van der Waals surface area contributed by atoms with Crippen LogP contribution in [0.3, 0.4) is 0 Å². The van der Waals surface area contributed by atoms with E-state index < -0.39 is 11.6 Å². The Morgan fingerprint density at radius 3 is 2.34 bits per heavy atom. The van der Waals surface area contributed by atoms with E-state index in [9.17, 15) is 0 Å². The average Bonchev–Trinajstić information content (AvgIpc) is 3.81. The molecule has 0 radical (unpaired) electrons. The zero-order valence-electron chi connectivity index (χ0n) is 22.5. The fraction of sp³-hybridized carbons (Fsp3) is 0.517. The number of nitrogens with zero attached hydrogens (tertiary/aromatic N) is 3. The van der Waals surface area contributed by atoms with Crippen LogP contribution >= 0.6 is 0 Å². The first kappa shape index (κ1) is 25.1. The van der Waals surface area contributed by atoms with Crippen LogP contribution in [0.5, 0.6) is 11.5 Å². The van der Waals surface area contributed by atoms with Gasteiger partial charge in [0.15, 0.2) is 23.1 Å². The maximum absolute atomic E-state index is 15.6. The third-order valence-corrected chi connectivity index (χ3v) is 9.07. The maximum atomic E-state index is 15.6. The molecule has 0 amide bonds. The van der Waals surface area contributed by atoms with E-state index in [1.54, 1.807) is 6.92 Å². The van der Waals surface area contributed by atoms with Crippen molar-refractivity contribution in [2.45, 2.75) is 62.6 Å². The van der Waals surface area contributed by atoms with E-state index in [2.05, 4.69) is 23.3 Å². The number of hydrogen-bond donors (Lipinski definition) is 2. The molecule has 2 aliphatic carbocycles. The monoisotopic (exact) mass is 523 g/mol. The molecule has 2 N–H and O–H groups in total. The fourth-order valence-electron chi connectivity index (χ4n) is 6.81. The number of allylic oxidation sites excluding steroid dienone is 1. The van der Waals surface area contributed by atoms with Gasteiger partial charge in [0.05, 0.1) is 25.5 Å². The second-order valence-electron chi connectivity index (χ2n) is 11.3. The van der Waals surface area contributed by atoms with Crippen molar-refractivity contribution in [2.24, 2.45) is 0 Å². The summed E-state index contributed by atoms with van der Waals surface area (Å²) in [6.45, 7) is 4.17. The minimum atomic E-state index is -0.700. The molecule has 3 fully saturated rings. The zero-order valence-corrected chi connectivity index (χ0v) is 22.5. The number of rotatable bonds is 7. The van der Waals surface area contributed by atoms with Crippen LogP contribution in [0.25, 0.3) is 5.57 Å². The van der Waals surface area contributed by atoms with Gasteiger partial charge in [-0.2, -0.15) is 0 Å². The molecular weight excluding hydrogens is 488 g/mol. The highest BCUT2D eigenvalue weighted by Crippen LogP contribution is 2.71. The van der Waals surface area contributed by atoms with Crippen LogP contribution in [0.4, 0.5) is 14.5 Å². The fourth-order valence-corrected chi connectivity index (χ4v) is 6.81. The lowest BCUT2D eigenvalue weighted by atomic mass is 9.77. The Kier molecular flexibility index (Phi) is 5.90. The normalized spacial score (nSPS) is 22.9. The van der Waals surface area contributed by atoms with Crippen LogP contribution in [0.1, 0.15) is 55.8 Å². The molecule has 2 aliphatic heterocycles. The van der Waals surface area contributed by atoms with Crippen molar-refractivity contribution < 1.29 is 18.3 Å². The third-order valence-electron chi connectivity index (χ3n) is 9.07. The van der Waals surface area contributed by atoms with Crippen molar-refractivity contribution in [2.75, 3.05) is 39.3 Å². The molecule has 3 heterocycles. The molecule has 202 valence electrons. The van der Waals surface area contributed by atoms with Crippen molar-refractivity contribution in [1.29, 1.82) is 5.41 Å². The Bertz CT molecular complexity index is 1310. The van der Waals surface area contributed by atoms with E-state index in [4.69, 9.17) is 19.9 Å². The third kappa shape index (κ3) is 3.69. The molecule has 7 nitrogen and oxygen atoms in total. The van der Waals surface area contributed by atoms with Gasteiger partial charge in [-0.3, -0.25) is 4.98 Å². The van der Waals surface area contributed by atoms with Gasteiger partial charge in [0.25, 0.3) is 0 Å². The number of ether oxygens (including phenoxy) is 2. The summed E-state index contributed by atoms with van der Waals surface area (Å²) in [6, 6.07) is 3.75. The van der Waals surface area contributed by atoms with E-state index in [-0.39, 0.29) is 28.1 Å². The van der Waals surface area contributed by atoms with Crippen LogP contribution in [0, 0.1) is 17.0 Å². The number of hydrogen-bond acceptors (Lipinski definition) is 7. The van der Waals surface area contributed by atoms with Crippen LogP contribution in [-0.4, -0.2) is 61.5 Å². The summed E-state index contributed by atoms with van der Waals surface area (Å²) >= 11 is 0. The lowest BCUT2D eigenvalue weighted by molar-refractivity contribution is 0.350. The average molecular weight is 524 g/mol. The van der Waals surface area contributed by atoms with Crippen LogP contribution < -0.4 is 19.7 Å². The lowest BCUT2D eigenvalue weighted by Gasteiger charge is -2.46. The van der Waals surface area contributed by atoms with Crippen molar-refractivity contribution >= 4 is 17.0 Å². The summed E-state index contributed by atoms with van der Waals surface area (Å²) in [7, 11) is 4.87. The summed E-state index contributed by atoms with van der Waals surface area (Å²) in [5.74, 6) is -1.46. The summed E-state index contributed by atoms with van der Waals surface area (Å²) in [5, 5.41) is 11.9. The maximum Gasteiger partial charge on any atom is 0.191 e. The molecule has 6 rings (SSSR count). The standard InChI is InChI=1S/C29H35F2N5O2/c1-17(32)20(14-33-19-5-10-35(2)16-19)22-11-21-18(13-34-22)15-36(29(8-9-29)28(21)6-7-28)27-25(30)23(37-3)12-24(38-4)26(27)31/h11-14,19,32-33H,5-10,15-16H2,1-4H3/b20-14+,32-17?. The van der Waals surface area contributed by atoms with Gasteiger partial charge < -0.3 is 30.0 Å². The number of nitrogens with one attached hydrogen (secondary N) is 2. The molecular formula is C29H35F2N5O2. The molecule has 1 aromatic heterocycles. The second-order valence-corrected chi connectivity index (χ2v) is 11.3. The number of fused-ring (bicyclic) bond motifs is 3. The summed E-state index contributed by atoms with van der Waals surface area (Å²) in [4.78, 5) is 8.96. The smallest absolute Gasteiger partial charge is 0.191 e. The Balaban J connectivity index is 1.40. The molecule has 1 aromatic carbocycles. The number of pyridine rings is 1. The molecule has 9 heteroatoms. The van der Waals surface area contributed by atoms with Crippen molar-refractivity contribution in [3.8, 4) is 11.5 Å². The first-order valence-electron chi connectivity index (χ1n) is 13.3. The van der Waals surface area contributed by atoms with E-state index in [0.29, 0.717) is 18.3 Å². The quantitative estimate of drug-likeness (QED) is 0.516. The van der Waals surface area contributed by atoms with E-state index in [1.807, 2.05) is 17.3 Å². The molecule has 1 unspecified atom stereocenters. The molecule has 38 heavy (non-hydrogen) atoms. The predicted octanol–water partition coefficient (Wildman–Crippen LogP) is 4.64. The largest absolute Gasteiger partial charge is 0.493 e. The Hall–Kier alpha value is -3.20. The van der Waals surface area contributed by atoms with Crippen molar-refractivity contribution in [1.82, 2.24) is 15.2 Å². The van der Waals surface area contributed by atoms with Crippen molar-refractivity contribution in [3.05, 3.63) is 53.0 Å². The summed E-state index contributed by atoms with van der Waals surface area (Å²) in [6.07, 6.45) is 8.49. The van der Waals surface area contributed by atoms with E-state index in [1.165, 1.54) is 25.8 Å². The highest BCUT2D eigenvalue weighted by molar-refractivity contribution is 6.20. The van der Waals surface area contributed by atoms with Gasteiger partial charge in [0, 0.05) is 54.3 Å². The molecule has 2 aromatic rings. The van der Waals surface area contributed by atoms with Gasteiger partial charge in [-0.1, -0.05) is 0 Å². The minimum Gasteiger partial charge on any atom is -0.493 e. The number of halogens is 2. The number of likely N-dealkylation sites (N-methyl/N-ethyl adjacent to an activating group) is 1. The Morgan fingerprint density at radius 1 is 1.13 bits per heavy atom. The SMILES string of the molecule is COc1cc(OC)c(F)c(N2Cc3cnc(/C(=C/NC4CCN(C)C4)C(C)=N)cc3C3(CC3)C23CC3)c1F. The minimum absolute atomic E-state index is 0.0321. The molecule has 0 bridgehead atoms. The lowest BCUT2D eigenvalue weighted by Crippen LogP contribution is -2.51. The summed E-state index contributed by atoms with van der Waals surface area (Å²) < 4.78 is 41.7.